The quantitative estimate of drug-likeness (QED) is 0.406. The van der Waals surface area contributed by atoms with Crippen molar-refractivity contribution in [2.24, 2.45) is 5.92 Å². The van der Waals surface area contributed by atoms with E-state index in [1.165, 1.54) is 48.3 Å². The lowest BCUT2D eigenvalue weighted by Crippen LogP contribution is -2.47. The molecule has 0 saturated carbocycles. The van der Waals surface area contributed by atoms with Crippen LogP contribution in [0.1, 0.15) is 24.5 Å². The van der Waals surface area contributed by atoms with E-state index >= 15 is 0 Å². The number of benzene rings is 3. The minimum atomic E-state index is 0.719. The predicted octanol–water partition coefficient (Wildman–Crippen LogP) is 6.39. The molecule has 0 amide bonds. The summed E-state index contributed by atoms with van der Waals surface area (Å²) in [6.07, 6.45) is 2.41. The highest BCUT2D eigenvalue weighted by molar-refractivity contribution is 6.30. The second-order valence-corrected chi connectivity index (χ2v) is 9.35. The van der Waals surface area contributed by atoms with Crippen LogP contribution < -0.4 is 0 Å². The van der Waals surface area contributed by atoms with Crippen molar-refractivity contribution in [3.05, 3.63) is 95.0 Å². The molecule has 1 heterocycles. The third kappa shape index (κ3) is 6.67. The first-order chi connectivity index (χ1) is 15.2. The fourth-order valence-electron chi connectivity index (χ4n) is 4.42. The van der Waals surface area contributed by atoms with Gasteiger partial charge in [-0.05, 0) is 53.1 Å². The molecule has 3 aromatic rings. The van der Waals surface area contributed by atoms with Gasteiger partial charge in [0.05, 0.1) is 0 Å². The van der Waals surface area contributed by atoms with E-state index in [2.05, 4.69) is 83.5 Å². The van der Waals surface area contributed by atoms with E-state index in [1.807, 2.05) is 12.1 Å². The van der Waals surface area contributed by atoms with Crippen molar-refractivity contribution in [3.63, 3.8) is 0 Å². The topological polar surface area (TPSA) is 6.48 Å². The van der Waals surface area contributed by atoms with Gasteiger partial charge in [-0.1, -0.05) is 85.3 Å². The van der Waals surface area contributed by atoms with E-state index in [-0.39, 0.29) is 0 Å². The summed E-state index contributed by atoms with van der Waals surface area (Å²) in [6, 6.07) is 28.0. The fourth-order valence-corrected chi connectivity index (χ4v) is 4.54. The van der Waals surface area contributed by atoms with Crippen molar-refractivity contribution in [2.75, 3.05) is 32.7 Å². The molecular formula is C28H33ClN2. The highest BCUT2D eigenvalue weighted by atomic mass is 35.5. The lowest BCUT2D eigenvalue weighted by molar-refractivity contribution is 0.114. The SMILES string of the molecule is C[C@H](CCc1ccc(-c2ccccc2)cc1)CN1CCN(Cc2ccc(Cl)cc2)CC1. The molecule has 1 saturated heterocycles. The molecular weight excluding hydrogens is 400 g/mol. The molecule has 162 valence electrons. The fraction of sp³-hybridized carbons (Fsp3) is 0.357. The van der Waals surface area contributed by atoms with Crippen molar-refractivity contribution in [2.45, 2.75) is 26.3 Å². The Kier molecular flexibility index (Phi) is 7.80. The van der Waals surface area contributed by atoms with Crippen LogP contribution >= 0.6 is 11.6 Å². The molecule has 4 rings (SSSR count). The molecule has 3 aromatic carbocycles. The number of halogens is 1. The minimum absolute atomic E-state index is 0.719. The molecule has 3 heteroatoms. The molecule has 2 nitrogen and oxygen atoms in total. The summed E-state index contributed by atoms with van der Waals surface area (Å²) in [5.74, 6) is 0.719. The molecule has 1 fully saturated rings. The van der Waals surface area contributed by atoms with E-state index in [0.717, 1.165) is 37.0 Å². The number of piperazine rings is 1. The molecule has 1 aliphatic rings. The van der Waals surface area contributed by atoms with Crippen LogP contribution in [-0.4, -0.2) is 42.5 Å². The van der Waals surface area contributed by atoms with Gasteiger partial charge < -0.3 is 4.90 Å². The van der Waals surface area contributed by atoms with Crippen LogP contribution in [0.5, 0.6) is 0 Å². The van der Waals surface area contributed by atoms with Crippen LogP contribution in [0.2, 0.25) is 5.02 Å². The third-order valence-corrected chi connectivity index (χ3v) is 6.59. The van der Waals surface area contributed by atoms with Gasteiger partial charge in [0.1, 0.15) is 0 Å². The van der Waals surface area contributed by atoms with Crippen molar-refractivity contribution < 1.29 is 0 Å². The Morgan fingerprint density at radius 2 is 1.29 bits per heavy atom. The van der Waals surface area contributed by atoms with Crippen molar-refractivity contribution in [3.8, 4) is 11.1 Å². The Morgan fingerprint density at radius 1 is 0.710 bits per heavy atom. The lowest BCUT2D eigenvalue weighted by Gasteiger charge is -2.36. The highest BCUT2D eigenvalue weighted by Gasteiger charge is 2.18. The van der Waals surface area contributed by atoms with Gasteiger partial charge in [-0.25, -0.2) is 0 Å². The number of rotatable bonds is 8. The molecule has 0 aromatic heterocycles. The van der Waals surface area contributed by atoms with Gasteiger partial charge in [-0.3, -0.25) is 4.90 Å². The zero-order valence-corrected chi connectivity index (χ0v) is 19.3. The molecule has 0 N–H and O–H groups in total. The molecule has 0 spiro atoms. The van der Waals surface area contributed by atoms with Crippen LogP contribution in [0.3, 0.4) is 0 Å². The molecule has 0 radical (unpaired) electrons. The normalized spacial score (nSPS) is 16.3. The average Bonchev–Trinajstić information content (AvgIpc) is 2.81. The predicted molar refractivity (Wildman–Crippen MR) is 133 cm³/mol. The lowest BCUT2D eigenvalue weighted by atomic mass is 9.98. The summed E-state index contributed by atoms with van der Waals surface area (Å²) >= 11 is 6.00. The zero-order valence-electron chi connectivity index (χ0n) is 18.5. The Hall–Kier alpha value is -2.13. The van der Waals surface area contributed by atoms with E-state index in [9.17, 15) is 0 Å². The summed E-state index contributed by atoms with van der Waals surface area (Å²) in [5, 5.41) is 0.815. The highest BCUT2D eigenvalue weighted by Crippen LogP contribution is 2.21. The van der Waals surface area contributed by atoms with Crippen molar-refractivity contribution >= 4 is 11.6 Å². The maximum atomic E-state index is 6.00. The smallest absolute Gasteiger partial charge is 0.0406 e. The van der Waals surface area contributed by atoms with Crippen LogP contribution in [0.4, 0.5) is 0 Å². The minimum Gasteiger partial charge on any atom is -0.301 e. The Balaban J connectivity index is 1.17. The van der Waals surface area contributed by atoms with E-state index in [4.69, 9.17) is 11.6 Å². The summed E-state index contributed by atoms with van der Waals surface area (Å²) < 4.78 is 0. The Bertz CT molecular complexity index is 913. The molecule has 1 aliphatic heterocycles. The second-order valence-electron chi connectivity index (χ2n) is 8.91. The van der Waals surface area contributed by atoms with Gasteiger partial charge in [0.2, 0.25) is 0 Å². The van der Waals surface area contributed by atoms with Gasteiger partial charge in [-0.2, -0.15) is 0 Å². The largest absolute Gasteiger partial charge is 0.301 e. The third-order valence-electron chi connectivity index (χ3n) is 6.34. The van der Waals surface area contributed by atoms with E-state index in [1.54, 1.807) is 0 Å². The second kappa shape index (κ2) is 10.9. The number of hydrogen-bond donors (Lipinski definition) is 0. The summed E-state index contributed by atoms with van der Waals surface area (Å²) in [6.45, 7) is 9.27. The Labute approximate surface area is 192 Å². The van der Waals surface area contributed by atoms with Crippen LogP contribution in [0.15, 0.2) is 78.9 Å². The van der Waals surface area contributed by atoms with Crippen LogP contribution in [0, 0.1) is 5.92 Å². The maximum absolute atomic E-state index is 6.00. The molecule has 0 bridgehead atoms. The monoisotopic (exact) mass is 432 g/mol. The maximum Gasteiger partial charge on any atom is 0.0406 e. The number of hydrogen-bond acceptors (Lipinski definition) is 2. The average molecular weight is 433 g/mol. The zero-order chi connectivity index (χ0) is 21.5. The summed E-state index contributed by atoms with van der Waals surface area (Å²) in [4.78, 5) is 5.19. The number of aryl methyl sites for hydroxylation is 1. The summed E-state index contributed by atoms with van der Waals surface area (Å²) in [7, 11) is 0. The van der Waals surface area contributed by atoms with Gasteiger partial charge in [0, 0.05) is 44.3 Å². The number of nitrogens with zero attached hydrogens (tertiary/aromatic N) is 2. The van der Waals surface area contributed by atoms with Crippen molar-refractivity contribution in [1.29, 1.82) is 0 Å². The van der Waals surface area contributed by atoms with Gasteiger partial charge in [-0.15, -0.1) is 0 Å². The molecule has 0 unspecified atom stereocenters. The Morgan fingerprint density at radius 3 is 1.97 bits per heavy atom. The summed E-state index contributed by atoms with van der Waals surface area (Å²) in [5.41, 5.74) is 5.38. The van der Waals surface area contributed by atoms with E-state index < -0.39 is 0 Å². The first kappa shape index (κ1) is 22.1. The first-order valence-corrected chi connectivity index (χ1v) is 11.9. The van der Waals surface area contributed by atoms with Crippen LogP contribution in [-0.2, 0) is 13.0 Å². The molecule has 31 heavy (non-hydrogen) atoms. The van der Waals surface area contributed by atoms with Crippen LogP contribution in [0.25, 0.3) is 11.1 Å². The van der Waals surface area contributed by atoms with Gasteiger partial charge >= 0.3 is 0 Å². The van der Waals surface area contributed by atoms with Gasteiger partial charge in [0.25, 0.3) is 0 Å². The molecule has 0 aliphatic carbocycles. The van der Waals surface area contributed by atoms with Crippen molar-refractivity contribution in [1.82, 2.24) is 9.80 Å². The standard InChI is InChI=1S/C28H33ClN2/c1-23(7-8-24-9-13-27(14-10-24)26-5-3-2-4-6-26)21-30-17-19-31(20-18-30)22-25-11-15-28(29)16-12-25/h2-6,9-16,23H,7-8,17-22H2,1H3/t23-/m1/s1. The molecule has 1 atom stereocenters. The van der Waals surface area contributed by atoms with Gasteiger partial charge in [0.15, 0.2) is 0 Å². The first-order valence-electron chi connectivity index (χ1n) is 11.5. The van der Waals surface area contributed by atoms with E-state index in [0.29, 0.717) is 0 Å².